The number of piperidine rings is 1. The molecule has 0 aromatic carbocycles. The van der Waals surface area contributed by atoms with E-state index in [-0.39, 0.29) is 6.10 Å². The van der Waals surface area contributed by atoms with Gasteiger partial charge in [-0.15, -0.1) is 0 Å². The summed E-state index contributed by atoms with van der Waals surface area (Å²) in [5, 5.41) is 13.2. The van der Waals surface area contributed by atoms with Gasteiger partial charge in [0.2, 0.25) is 0 Å². The van der Waals surface area contributed by atoms with Crippen LogP contribution < -0.4 is 5.32 Å². The van der Waals surface area contributed by atoms with Crippen LogP contribution in [0.25, 0.3) is 0 Å². The first kappa shape index (κ1) is 12.5. The minimum Gasteiger partial charge on any atom is -0.393 e. The number of nitrogens with zero attached hydrogens (tertiary/aromatic N) is 1. The highest BCUT2D eigenvalue weighted by molar-refractivity contribution is 5.18. The van der Waals surface area contributed by atoms with Crippen LogP contribution in [0.15, 0.2) is 12.3 Å². The number of aliphatic hydroxyl groups is 1. The zero-order valence-electron chi connectivity index (χ0n) is 11.3. The van der Waals surface area contributed by atoms with Crippen LogP contribution in [-0.4, -0.2) is 41.8 Å². The molecule has 2 aliphatic heterocycles. The quantitative estimate of drug-likeness (QED) is 0.746. The Morgan fingerprint density at radius 3 is 2.67 bits per heavy atom. The first-order chi connectivity index (χ1) is 8.71. The third-order valence-electron chi connectivity index (χ3n) is 5.37. The van der Waals surface area contributed by atoms with Gasteiger partial charge < -0.3 is 15.3 Å². The smallest absolute Gasteiger partial charge is 0.0541 e. The molecule has 1 spiro atoms. The van der Waals surface area contributed by atoms with Gasteiger partial charge in [0.15, 0.2) is 0 Å². The highest BCUT2D eigenvalue weighted by Crippen LogP contribution is 2.46. The summed E-state index contributed by atoms with van der Waals surface area (Å²) in [4.78, 5) is 2.57. The summed E-state index contributed by atoms with van der Waals surface area (Å²) in [5.74, 6) is 0. The maximum absolute atomic E-state index is 9.63. The normalized spacial score (nSPS) is 41.6. The monoisotopic (exact) mass is 250 g/mol. The molecule has 1 atom stereocenters. The average molecular weight is 250 g/mol. The molecule has 0 amide bonds. The molecule has 2 heterocycles. The topological polar surface area (TPSA) is 35.5 Å². The summed E-state index contributed by atoms with van der Waals surface area (Å²) < 4.78 is 0. The molecule has 3 nitrogen and oxygen atoms in total. The molecule has 0 radical (unpaired) electrons. The Bertz CT molecular complexity index is 314. The van der Waals surface area contributed by atoms with E-state index < -0.39 is 0 Å². The first-order valence-electron chi connectivity index (χ1n) is 7.56. The van der Waals surface area contributed by atoms with Gasteiger partial charge in [-0.3, -0.25) is 0 Å². The van der Waals surface area contributed by atoms with Gasteiger partial charge in [0.1, 0.15) is 0 Å². The fraction of sp³-hybridized carbons (Fsp3) is 0.867. The minimum absolute atomic E-state index is 0.0533. The highest BCUT2D eigenvalue weighted by atomic mass is 16.3. The lowest BCUT2D eigenvalue weighted by molar-refractivity contribution is 0.0900. The second-order valence-electron chi connectivity index (χ2n) is 6.41. The zero-order chi connectivity index (χ0) is 12.6. The Kier molecular flexibility index (Phi) is 3.37. The molecular weight excluding hydrogens is 224 g/mol. The summed E-state index contributed by atoms with van der Waals surface area (Å²) in [6.45, 7) is 7.91. The van der Waals surface area contributed by atoms with Gasteiger partial charge in [-0.2, -0.15) is 0 Å². The first-order valence-corrected chi connectivity index (χ1v) is 7.56. The fourth-order valence-corrected chi connectivity index (χ4v) is 4.12. The van der Waals surface area contributed by atoms with Crippen LogP contribution in [-0.2, 0) is 0 Å². The van der Waals surface area contributed by atoms with Gasteiger partial charge >= 0.3 is 0 Å². The molecule has 3 heteroatoms. The highest BCUT2D eigenvalue weighted by Gasteiger charge is 2.44. The Hall–Kier alpha value is -0.540. The average Bonchev–Trinajstić information content (AvgIpc) is 2.70. The van der Waals surface area contributed by atoms with Crippen LogP contribution in [0.5, 0.6) is 0 Å². The summed E-state index contributed by atoms with van der Waals surface area (Å²) in [5.41, 5.74) is 1.74. The number of rotatable bonds is 1. The number of likely N-dealkylation sites (tertiary alicyclic amines) is 1. The van der Waals surface area contributed by atoms with Crippen LogP contribution in [0, 0.1) is 5.41 Å². The van der Waals surface area contributed by atoms with Gasteiger partial charge in [-0.05, 0) is 51.5 Å². The number of hydrogen-bond acceptors (Lipinski definition) is 3. The molecule has 3 rings (SSSR count). The zero-order valence-corrected chi connectivity index (χ0v) is 11.3. The molecule has 0 bridgehead atoms. The van der Waals surface area contributed by atoms with Crippen molar-refractivity contribution in [3.8, 4) is 0 Å². The predicted molar refractivity (Wildman–Crippen MR) is 73.3 cm³/mol. The van der Waals surface area contributed by atoms with Crippen LogP contribution in [0.1, 0.15) is 44.9 Å². The lowest BCUT2D eigenvalue weighted by Gasteiger charge is -2.40. The van der Waals surface area contributed by atoms with Crippen LogP contribution in [0.3, 0.4) is 0 Å². The van der Waals surface area contributed by atoms with E-state index in [0.717, 1.165) is 32.2 Å². The van der Waals surface area contributed by atoms with E-state index in [9.17, 15) is 5.11 Å². The van der Waals surface area contributed by atoms with Gasteiger partial charge in [0.05, 0.1) is 6.10 Å². The maximum Gasteiger partial charge on any atom is 0.0541 e. The molecule has 0 aromatic heterocycles. The summed E-state index contributed by atoms with van der Waals surface area (Å²) >= 11 is 0. The number of hydrogen-bond donors (Lipinski definition) is 2. The van der Waals surface area contributed by atoms with E-state index in [1.807, 2.05) is 0 Å². The fourth-order valence-electron chi connectivity index (χ4n) is 4.12. The van der Waals surface area contributed by atoms with Crippen molar-refractivity contribution < 1.29 is 5.11 Å². The number of nitrogens with one attached hydrogen (secondary N) is 1. The van der Waals surface area contributed by atoms with E-state index in [1.54, 1.807) is 0 Å². The van der Waals surface area contributed by atoms with Gasteiger partial charge in [-0.25, -0.2) is 0 Å². The van der Waals surface area contributed by atoms with Gasteiger partial charge in [0, 0.05) is 30.2 Å². The van der Waals surface area contributed by atoms with Crippen molar-refractivity contribution in [2.24, 2.45) is 5.41 Å². The van der Waals surface area contributed by atoms with E-state index in [4.69, 9.17) is 0 Å². The molecule has 18 heavy (non-hydrogen) atoms. The van der Waals surface area contributed by atoms with Crippen molar-refractivity contribution in [3.63, 3.8) is 0 Å². The predicted octanol–water partition coefficient (Wildman–Crippen LogP) is 1.88. The van der Waals surface area contributed by atoms with Gasteiger partial charge in [0.25, 0.3) is 0 Å². The minimum atomic E-state index is -0.0533. The summed E-state index contributed by atoms with van der Waals surface area (Å²) in [6.07, 6.45) is 8.05. The third kappa shape index (κ3) is 2.08. The lowest BCUT2D eigenvalue weighted by Crippen LogP contribution is -2.42. The largest absolute Gasteiger partial charge is 0.393 e. The molecule has 2 saturated heterocycles. The van der Waals surface area contributed by atoms with E-state index in [0.29, 0.717) is 11.5 Å². The summed E-state index contributed by atoms with van der Waals surface area (Å²) in [7, 11) is 0. The van der Waals surface area contributed by atoms with Crippen LogP contribution >= 0.6 is 0 Å². The maximum atomic E-state index is 9.63. The Labute approximate surface area is 110 Å². The molecule has 102 valence electrons. The Morgan fingerprint density at radius 2 is 2.00 bits per heavy atom. The molecule has 2 N–H and O–H groups in total. The van der Waals surface area contributed by atoms with Crippen molar-refractivity contribution in [2.45, 2.75) is 57.1 Å². The summed E-state index contributed by atoms with van der Waals surface area (Å²) in [6, 6.07) is 0.641. The van der Waals surface area contributed by atoms with Crippen molar-refractivity contribution in [3.05, 3.63) is 12.3 Å². The third-order valence-corrected chi connectivity index (χ3v) is 5.37. The van der Waals surface area contributed by atoms with Crippen molar-refractivity contribution in [2.75, 3.05) is 19.6 Å². The molecular formula is C15H26N2O. The Balaban J connectivity index is 1.66. The van der Waals surface area contributed by atoms with Gasteiger partial charge in [-0.1, -0.05) is 6.58 Å². The lowest BCUT2D eigenvalue weighted by atomic mass is 9.77. The van der Waals surface area contributed by atoms with Crippen LogP contribution in [0.2, 0.25) is 0 Å². The molecule has 1 unspecified atom stereocenters. The van der Waals surface area contributed by atoms with Crippen molar-refractivity contribution in [1.82, 2.24) is 10.2 Å². The molecule has 1 saturated carbocycles. The molecule has 3 aliphatic rings. The molecule has 1 aliphatic carbocycles. The second-order valence-corrected chi connectivity index (χ2v) is 6.41. The second kappa shape index (κ2) is 4.86. The van der Waals surface area contributed by atoms with E-state index in [1.165, 1.54) is 38.0 Å². The van der Waals surface area contributed by atoms with E-state index >= 15 is 0 Å². The Morgan fingerprint density at radius 1 is 1.22 bits per heavy atom. The molecule has 3 fully saturated rings. The number of aliphatic hydroxyl groups excluding tert-OH is 1. The standard InChI is InChI=1S/C15H26N2O/c1-12-15(7-2-9-16-11-15)8-10-17(12)13-3-5-14(18)6-4-13/h13-14,16,18H,1-11H2/t13-,14+,15?. The van der Waals surface area contributed by atoms with Crippen molar-refractivity contribution in [1.29, 1.82) is 0 Å². The van der Waals surface area contributed by atoms with E-state index in [2.05, 4.69) is 16.8 Å². The SMILES string of the molecule is C=C1N([C@H]2CC[C@@H](O)CC2)CCC12CCCNC2. The van der Waals surface area contributed by atoms with Crippen molar-refractivity contribution >= 4 is 0 Å². The molecule has 0 aromatic rings. The van der Waals surface area contributed by atoms with Crippen LogP contribution in [0.4, 0.5) is 0 Å².